The third kappa shape index (κ3) is 3.15. The van der Waals surface area contributed by atoms with Gasteiger partial charge in [0.25, 0.3) is 5.69 Å². The molecule has 2 aromatic rings. The van der Waals surface area contributed by atoms with Crippen molar-refractivity contribution in [3.05, 3.63) is 61.3 Å². The van der Waals surface area contributed by atoms with Crippen molar-refractivity contribution in [1.82, 2.24) is 10.2 Å². The van der Waals surface area contributed by atoms with E-state index in [2.05, 4.69) is 10.2 Å². The first-order valence-electron chi connectivity index (χ1n) is 7.09. The van der Waals surface area contributed by atoms with Crippen LogP contribution in [0.2, 0.25) is 5.02 Å². The number of hydrogen-bond donors (Lipinski definition) is 1. The summed E-state index contributed by atoms with van der Waals surface area (Å²) in [5, 5.41) is 17.3. The summed E-state index contributed by atoms with van der Waals surface area (Å²) in [6, 6.07) is 8.69. The minimum atomic E-state index is -0.325. The van der Waals surface area contributed by atoms with E-state index in [0.717, 1.165) is 31.1 Å². The Kier molecular flexibility index (Phi) is 4.73. The van der Waals surface area contributed by atoms with Gasteiger partial charge in [0.15, 0.2) is 0 Å². The second kappa shape index (κ2) is 6.75. The molecule has 2 heterocycles. The van der Waals surface area contributed by atoms with E-state index in [-0.39, 0.29) is 16.7 Å². The summed E-state index contributed by atoms with van der Waals surface area (Å²) in [6.07, 6.45) is 0. The molecule has 0 unspecified atom stereocenters. The van der Waals surface area contributed by atoms with Gasteiger partial charge in [0.2, 0.25) is 0 Å². The minimum Gasteiger partial charge on any atom is -0.314 e. The lowest BCUT2D eigenvalue weighted by Crippen LogP contribution is -2.45. The Balaban J connectivity index is 2.09. The van der Waals surface area contributed by atoms with Gasteiger partial charge in [-0.3, -0.25) is 15.0 Å². The van der Waals surface area contributed by atoms with E-state index in [1.165, 1.54) is 6.07 Å². The van der Waals surface area contributed by atoms with Crippen LogP contribution >= 0.6 is 22.9 Å². The molecule has 1 fully saturated rings. The zero-order valence-corrected chi connectivity index (χ0v) is 13.4. The molecule has 7 heteroatoms. The van der Waals surface area contributed by atoms with Crippen LogP contribution in [0.4, 0.5) is 5.69 Å². The SMILES string of the molecule is O=[N+]([O-])c1ccc(Cl)cc1[C@@H](c1cccs1)N1CCNCC1. The van der Waals surface area contributed by atoms with Crippen molar-refractivity contribution >= 4 is 28.6 Å². The summed E-state index contributed by atoms with van der Waals surface area (Å²) in [6.45, 7) is 3.48. The number of thiophene rings is 1. The first-order chi connectivity index (χ1) is 10.7. The van der Waals surface area contributed by atoms with E-state index in [1.807, 2.05) is 17.5 Å². The summed E-state index contributed by atoms with van der Waals surface area (Å²) in [7, 11) is 0. The molecule has 0 amide bonds. The monoisotopic (exact) mass is 337 g/mol. The smallest absolute Gasteiger partial charge is 0.274 e. The first kappa shape index (κ1) is 15.4. The van der Waals surface area contributed by atoms with Crippen LogP contribution in [-0.4, -0.2) is 36.0 Å². The van der Waals surface area contributed by atoms with Crippen molar-refractivity contribution < 1.29 is 4.92 Å². The van der Waals surface area contributed by atoms with E-state index < -0.39 is 0 Å². The molecule has 0 radical (unpaired) electrons. The molecule has 1 aliphatic heterocycles. The number of nitrogens with zero attached hydrogens (tertiary/aromatic N) is 2. The molecule has 116 valence electrons. The molecule has 0 spiro atoms. The van der Waals surface area contributed by atoms with Crippen LogP contribution in [-0.2, 0) is 0 Å². The number of nitro groups is 1. The molecule has 1 N–H and O–H groups in total. The van der Waals surface area contributed by atoms with Crippen molar-refractivity contribution in [1.29, 1.82) is 0 Å². The van der Waals surface area contributed by atoms with Crippen LogP contribution in [0.1, 0.15) is 16.5 Å². The number of halogens is 1. The number of nitro benzene ring substituents is 1. The highest BCUT2D eigenvalue weighted by molar-refractivity contribution is 7.10. The predicted molar refractivity (Wildman–Crippen MR) is 88.7 cm³/mol. The van der Waals surface area contributed by atoms with Crippen LogP contribution in [0.3, 0.4) is 0 Å². The van der Waals surface area contributed by atoms with Crippen molar-refractivity contribution in [2.75, 3.05) is 26.2 Å². The van der Waals surface area contributed by atoms with Gasteiger partial charge in [0.1, 0.15) is 0 Å². The Morgan fingerprint density at radius 1 is 1.32 bits per heavy atom. The summed E-state index contributed by atoms with van der Waals surface area (Å²) in [5.74, 6) is 0. The van der Waals surface area contributed by atoms with E-state index in [0.29, 0.717) is 10.6 Å². The Morgan fingerprint density at radius 3 is 2.73 bits per heavy atom. The Bertz CT molecular complexity index is 657. The van der Waals surface area contributed by atoms with Gasteiger partial charge in [-0.05, 0) is 23.6 Å². The molecule has 1 atom stereocenters. The normalized spacial score (nSPS) is 17.3. The van der Waals surface area contributed by atoms with Gasteiger partial charge in [-0.2, -0.15) is 0 Å². The molecule has 1 aromatic heterocycles. The van der Waals surface area contributed by atoms with Crippen LogP contribution in [0, 0.1) is 10.1 Å². The van der Waals surface area contributed by atoms with Gasteiger partial charge in [0.05, 0.1) is 16.5 Å². The highest BCUT2D eigenvalue weighted by atomic mass is 35.5. The van der Waals surface area contributed by atoms with E-state index >= 15 is 0 Å². The fraction of sp³-hybridized carbons (Fsp3) is 0.333. The molecule has 1 aliphatic rings. The maximum atomic E-state index is 11.4. The average molecular weight is 338 g/mol. The zero-order valence-electron chi connectivity index (χ0n) is 11.9. The molecule has 0 saturated carbocycles. The summed E-state index contributed by atoms with van der Waals surface area (Å²) in [5.41, 5.74) is 0.795. The number of rotatable bonds is 4. The fourth-order valence-corrected chi connectivity index (χ4v) is 3.88. The number of benzene rings is 1. The van der Waals surface area contributed by atoms with Gasteiger partial charge in [-0.1, -0.05) is 17.7 Å². The topological polar surface area (TPSA) is 58.4 Å². The first-order valence-corrected chi connectivity index (χ1v) is 8.34. The molecule has 1 aromatic carbocycles. The highest BCUT2D eigenvalue weighted by Gasteiger charge is 2.30. The molecule has 0 bridgehead atoms. The fourth-order valence-electron chi connectivity index (χ4n) is 2.83. The lowest BCUT2D eigenvalue weighted by atomic mass is 10.0. The zero-order chi connectivity index (χ0) is 15.5. The number of hydrogen-bond acceptors (Lipinski definition) is 5. The Labute approximate surface area is 137 Å². The van der Waals surface area contributed by atoms with E-state index in [1.54, 1.807) is 23.5 Å². The van der Waals surface area contributed by atoms with Crippen LogP contribution in [0.15, 0.2) is 35.7 Å². The third-order valence-electron chi connectivity index (χ3n) is 3.81. The molecule has 1 saturated heterocycles. The highest BCUT2D eigenvalue weighted by Crippen LogP contribution is 2.38. The second-order valence-electron chi connectivity index (χ2n) is 5.16. The summed E-state index contributed by atoms with van der Waals surface area (Å²) >= 11 is 7.73. The molecule has 5 nitrogen and oxygen atoms in total. The van der Waals surface area contributed by atoms with Crippen LogP contribution < -0.4 is 5.32 Å². The van der Waals surface area contributed by atoms with Crippen molar-refractivity contribution in [2.45, 2.75) is 6.04 Å². The van der Waals surface area contributed by atoms with Crippen LogP contribution in [0.5, 0.6) is 0 Å². The molecule has 22 heavy (non-hydrogen) atoms. The van der Waals surface area contributed by atoms with Gasteiger partial charge < -0.3 is 5.32 Å². The van der Waals surface area contributed by atoms with Crippen molar-refractivity contribution in [2.24, 2.45) is 0 Å². The lowest BCUT2D eigenvalue weighted by Gasteiger charge is -2.34. The largest absolute Gasteiger partial charge is 0.314 e. The number of nitrogens with one attached hydrogen (secondary N) is 1. The van der Waals surface area contributed by atoms with Crippen LogP contribution in [0.25, 0.3) is 0 Å². The van der Waals surface area contributed by atoms with Gasteiger partial charge in [0, 0.05) is 42.1 Å². The molecular formula is C15H16ClN3O2S. The predicted octanol–water partition coefficient (Wildman–Crippen LogP) is 3.30. The lowest BCUT2D eigenvalue weighted by molar-refractivity contribution is -0.385. The molecule has 3 rings (SSSR count). The third-order valence-corrected chi connectivity index (χ3v) is 4.97. The average Bonchev–Trinajstić information content (AvgIpc) is 3.02. The Morgan fingerprint density at radius 2 is 2.09 bits per heavy atom. The van der Waals surface area contributed by atoms with Gasteiger partial charge in [-0.25, -0.2) is 0 Å². The molecule has 0 aliphatic carbocycles. The van der Waals surface area contributed by atoms with Gasteiger partial charge in [-0.15, -0.1) is 11.3 Å². The van der Waals surface area contributed by atoms with Crippen molar-refractivity contribution in [3.8, 4) is 0 Å². The minimum absolute atomic E-state index is 0.124. The van der Waals surface area contributed by atoms with E-state index in [9.17, 15) is 10.1 Å². The summed E-state index contributed by atoms with van der Waals surface area (Å²) in [4.78, 5) is 14.5. The maximum Gasteiger partial charge on any atom is 0.274 e. The number of piperazine rings is 1. The quantitative estimate of drug-likeness (QED) is 0.687. The second-order valence-corrected chi connectivity index (χ2v) is 6.58. The van der Waals surface area contributed by atoms with Crippen molar-refractivity contribution in [3.63, 3.8) is 0 Å². The standard InChI is InChI=1S/C15H16ClN3O2S/c16-11-3-4-13(19(20)21)12(10-11)15(14-2-1-9-22-14)18-7-5-17-6-8-18/h1-4,9-10,15,17H,5-8H2/t15-/m0/s1. The maximum absolute atomic E-state index is 11.4. The van der Waals surface area contributed by atoms with Gasteiger partial charge >= 0.3 is 0 Å². The molecular weight excluding hydrogens is 322 g/mol. The van der Waals surface area contributed by atoms with E-state index in [4.69, 9.17) is 11.6 Å². The summed E-state index contributed by atoms with van der Waals surface area (Å²) < 4.78 is 0. The Hall–Kier alpha value is -1.47.